The highest BCUT2D eigenvalue weighted by Crippen LogP contribution is 2.33. The van der Waals surface area contributed by atoms with E-state index >= 15 is 0 Å². The maximum Gasteiger partial charge on any atom is 0.231 e. The van der Waals surface area contributed by atoms with Crippen LogP contribution in [0.15, 0.2) is 42.6 Å². The molecule has 2 aliphatic rings. The number of hydrogen-bond donors (Lipinski definition) is 0. The van der Waals surface area contributed by atoms with Crippen molar-refractivity contribution in [3.05, 3.63) is 42.6 Å². The summed E-state index contributed by atoms with van der Waals surface area (Å²) in [6, 6.07) is 12.1. The maximum absolute atomic E-state index is 5.80. The molecule has 0 unspecified atom stereocenters. The van der Waals surface area contributed by atoms with E-state index in [9.17, 15) is 0 Å². The van der Waals surface area contributed by atoms with E-state index in [1.807, 2.05) is 42.4 Å². The van der Waals surface area contributed by atoms with Gasteiger partial charge in [-0.1, -0.05) is 18.2 Å². The zero-order valence-electron chi connectivity index (χ0n) is 13.9. The smallest absolute Gasteiger partial charge is 0.231 e. The van der Waals surface area contributed by atoms with Crippen molar-refractivity contribution in [3.63, 3.8) is 0 Å². The summed E-state index contributed by atoms with van der Waals surface area (Å²) >= 11 is 0. The first-order valence-corrected chi connectivity index (χ1v) is 8.40. The summed E-state index contributed by atoms with van der Waals surface area (Å²) in [4.78, 5) is 13.4. The standard InChI is InChI=1S/C18H22N4O2/c1-21(15-5-3-2-4-6-15)17-19-10-7-16(20-17)22-11-8-18(9-12-22)23-13-14-24-18/h2-7,10H,8-9,11-14H2,1H3. The molecule has 2 fully saturated rings. The molecule has 0 bridgehead atoms. The minimum absolute atomic E-state index is 0.354. The van der Waals surface area contributed by atoms with Gasteiger partial charge in [-0.3, -0.25) is 0 Å². The number of ether oxygens (including phenoxy) is 2. The monoisotopic (exact) mass is 326 g/mol. The van der Waals surface area contributed by atoms with Crippen LogP contribution in [0, 0.1) is 0 Å². The van der Waals surface area contributed by atoms with Crippen LogP contribution in [0.5, 0.6) is 0 Å². The number of benzene rings is 1. The predicted molar refractivity (Wildman–Crippen MR) is 92.6 cm³/mol. The van der Waals surface area contributed by atoms with E-state index in [-0.39, 0.29) is 5.79 Å². The van der Waals surface area contributed by atoms with E-state index in [1.165, 1.54) is 0 Å². The molecule has 0 saturated carbocycles. The topological polar surface area (TPSA) is 50.7 Å². The van der Waals surface area contributed by atoms with Crippen molar-refractivity contribution in [1.82, 2.24) is 9.97 Å². The molecule has 6 nitrogen and oxygen atoms in total. The lowest BCUT2D eigenvalue weighted by Crippen LogP contribution is -2.45. The lowest BCUT2D eigenvalue weighted by atomic mass is 10.0. The SMILES string of the molecule is CN(c1ccccc1)c1nccc(N2CCC3(CC2)OCCO3)n1. The van der Waals surface area contributed by atoms with Crippen LogP contribution in [-0.2, 0) is 9.47 Å². The van der Waals surface area contributed by atoms with Crippen molar-refractivity contribution >= 4 is 17.5 Å². The summed E-state index contributed by atoms with van der Waals surface area (Å²) in [5, 5.41) is 0. The molecule has 126 valence electrons. The number of anilines is 3. The van der Waals surface area contributed by atoms with Crippen LogP contribution < -0.4 is 9.80 Å². The Labute approximate surface area is 142 Å². The highest BCUT2D eigenvalue weighted by molar-refractivity contribution is 5.57. The second kappa shape index (κ2) is 6.37. The molecule has 2 aromatic rings. The summed E-state index contributed by atoms with van der Waals surface area (Å²) in [5.41, 5.74) is 1.07. The summed E-state index contributed by atoms with van der Waals surface area (Å²) in [6.45, 7) is 3.18. The summed E-state index contributed by atoms with van der Waals surface area (Å²) in [6.07, 6.45) is 3.58. The molecule has 0 radical (unpaired) electrons. The molecule has 1 spiro atoms. The van der Waals surface area contributed by atoms with Gasteiger partial charge in [-0.2, -0.15) is 4.98 Å². The fourth-order valence-corrected chi connectivity index (χ4v) is 3.31. The van der Waals surface area contributed by atoms with Crippen molar-refractivity contribution in [2.75, 3.05) is 43.2 Å². The van der Waals surface area contributed by atoms with Gasteiger partial charge in [0.1, 0.15) is 5.82 Å². The van der Waals surface area contributed by atoms with Crippen LogP contribution in [0.4, 0.5) is 17.5 Å². The third-order valence-electron chi connectivity index (χ3n) is 4.73. The van der Waals surface area contributed by atoms with Gasteiger partial charge in [0.15, 0.2) is 5.79 Å². The fourth-order valence-electron chi connectivity index (χ4n) is 3.31. The number of aromatic nitrogens is 2. The minimum atomic E-state index is -0.354. The summed E-state index contributed by atoms with van der Waals surface area (Å²) < 4.78 is 11.6. The van der Waals surface area contributed by atoms with Crippen LogP contribution >= 0.6 is 0 Å². The molecule has 1 aromatic heterocycles. The Hall–Kier alpha value is -2.18. The van der Waals surface area contributed by atoms with E-state index in [1.54, 1.807) is 0 Å². The third kappa shape index (κ3) is 2.95. The highest BCUT2D eigenvalue weighted by atomic mass is 16.7. The first-order chi connectivity index (χ1) is 11.8. The van der Waals surface area contributed by atoms with E-state index in [0.717, 1.165) is 37.4 Å². The Morgan fingerprint density at radius 1 is 1.04 bits per heavy atom. The second-order valence-electron chi connectivity index (χ2n) is 6.20. The van der Waals surface area contributed by atoms with Gasteiger partial charge in [-0.15, -0.1) is 0 Å². The second-order valence-corrected chi connectivity index (χ2v) is 6.20. The zero-order chi connectivity index (χ0) is 16.4. The van der Waals surface area contributed by atoms with Crippen LogP contribution in [0.1, 0.15) is 12.8 Å². The zero-order valence-corrected chi connectivity index (χ0v) is 13.9. The van der Waals surface area contributed by atoms with Crippen LogP contribution in [0.25, 0.3) is 0 Å². The largest absolute Gasteiger partial charge is 0.356 e. The molecular formula is C18H22N4O2. The quantitative estimate of drug-likeness (QED) is 0.864. The lowest BCUT2D eigenvalue weighted by Gasteiger charge is -2.38. The normalized spacial score (nSPS) is 19.6. The molecule has 6 heteroatoms. The fraction of sp³-hybridized carbons (Fsp3) is 0.444. The Morgan fingerprint density at radius 2 is 1.75 bits per heavy atom. The minimum Gasteiger partial charge on any atom is -0.356 e. The summed E-state index contributed by atoms with van der Waals surface area (Å²) in [7, 11) is 1.99. The van der Waals surface area contributed by atoms with Crippen LogP contribution in [-0.4, -0.2) is 49.1 Å². The molecule has 4 rings (SSSR count). The average Bonchev–Trinajstić information content (AvgIpc) is 3.10. The Balaban J connectivity index is 1.49. The number of piperidine rings is 1. The van der Waals surface area contributed by atoms with Gasteiger partial charge in [0, 0.05) is 44.9 Å². The van der Waals surface area contributed by atoms with E-state index < -0.39 is 0 Å². The molecular weight excluding hydrogens is 304 g/mol. The molecule has 24 heavy (non-hydrogen) atoms. The van der Waals surface area contributed by atoms with Crippen molar-refractivity contribution in [3.8, 4) is 0 Å². The molecule has 0 aliphatic carbocycles. The maximum atomic E-state index is 5.80. The van der Waals surface area contributed by atoms with E-state index in [0.29, 0.717) is 19.2 Å². The number of rotatable bonds is 3. The molecule has 0 amide bonds. The van der Waals surface area contributed by atoms with Gasteiger partial charge in [0.05, 0.1) is 13.2 Å². The lowest BCUT2D eigenvalue weighted by molar-refractivity contribution is -0.169. The van der Waals surface area contributed by atoms with Crippen LogP contribution in [0.3, 0.4) is 0 Å². The Kier molecular flexibility index (Phi) is 4.08. The number of hydrogen-bond acceptors (Lipinski definition) is 6. The van der Waals surface area contributed by atoms with Crippen molar-refractivity contribution in [2.45, 2.75) is 18.6 Å². The molecule has 0 atom stereocenters. The van der Waals surface area contributed by atoms with Gasteiger partial charge < -0.3 is 19.3 Å². The van der Waals surface area contributed by atoms with Crippen molar-refractivity contribution < 1.29 is 9.47 Å². The molecule has 2 saturated heterocycles. The summed E-state index contributed by atoms with van der Waals surface area (Å²) in [5.74, 6) is 1.30. The van der Waals surface area contributed by atoms with Gasteiger partial charge in [0.2, 0.25) is 5.95 Å². The van der Waals surface area contributed by atoms with Gasteiger partial charge >= 0.3 is 0 Å². The highest BCUT2D eigenvalue weighted by Gasteiger charge is 2.40. The first kappa shape index (κ1) is 15.4. The Bertz CT molecular complexity index is 678. The molecule has 0 N–H and O–H groups in total. The molecule has 2 aliphatic heterocycles. The Morgan fingerprint density at radius 3 is 2.46 bits per heavy atom. The van der Waals surface area contributed by atoms with Gasteiger partial charge in [0.25, 0.3) is 0 Å². The van der Waals surface area contributed by atoms with E-state index in [4.69, 9.17) is 14.5 Å². The predicted octanol–water partition coefficient (Wildman–Crippen LogP) is 2.59. The third-order valence-corrected chi connectivity index (χ3v) is 4.73. The number of para-hydroxylation sites is 1. The number of nitrogens with zero attached hydrogens (tertiary/aromatic N) is 4. The van der Waals surface area contributed by atoms with Gasteiger partial charge in [-0.25, -0.2) is 4.98 Å². The van der Waals surface area contributed by atoms with Gasteiger partial charge in [-0.05, 0) is 18.2 Å². The first-order valence-electron chi connectivity index (χ1n) is 8.40. The molecule has 3 heterocycles. The average molecular weight is 326 g/mol. The molecule has 1 aromatic carbocycles. The van der Waals surface area contributed by atoms with Crippen molar-refractivity contribution in [1.29, 1.82) is 0 Å². The van der Waals surface area contributed by atoms with Crippen molar-refractivity contribution in [2.24, 2.45) is 0 Å². The van der Waals surface area contributed by atoms with Crippen LogP contribution in [0.2, 0.25) is 0 Å². The van der Waals surface area contributed by atoms with E-state index in [2.05, 4.69) is 22.0 Å².